The fraction of sp³-hybridized carbons (Fsp3) is 0.407. The van der Waals surface area contributed by atoms with Crippen LogP contribution in [0.25, 0.3) is 0 Å². The molecule has 6 N–H and O–H groups in total. The van der Waals surface area contributed by atoms with Gasteiger partial charge in [0.25, 0.3) is 0 Å². The van der Waals surface area contributed by atoms with Crippen molar-refractivity contribution in [2.24, 2.45) is 5.73 Å². The zero-order valence-electron chi connectivity index (χ0n) is 21.6. The van der Waals surface area contributed by atoms with Crippen LogP contribution in [0.1, 0.15) is 31.4 Å². The third-order valence-corrected chi connectivity index (χ3v) is 5.88. The van der Waals surface area contributed by atoms with E-state index in [1.54, 1.807) is 12.1 Å². The molecule has 0 aliphatic rings. The lowest BCUT2D eigenvalue weighted by Crippen LogP contribution is -2.54. The number of nitrogens with two attached hydrogens (primary N) is 1. The topological polar surface area (TPSA) is 154 Å². The molecule has 3 atom stereocenters. The zero-order chi connectivity index (χ0) is 27.4. The molecule has 0 spiro atoms. The molecule has 0 heterocycles. The number of phenols is 1. The molecule has 2 rings (SSSR count). The first-order chi connectivity index (χ1) is 17.6. The summed E-state index contributed by atoms with van der Waals surface area (Å²) in [7, 11) is 1.53. The van der Waals surface area contributed by atoms with Crippen molar-refractivity contribution in [1.29, 1.82) is 0 Å². The highest BCUT2D eigenvalue weighted by Gasteiger charge is 2.28. The molecule has 4 amide bonds. The summed E-state index contributed by atoms with van der Waals surface area (Å²) in [5.41, 5.74) is 7.62. The van der Waals surface area contributed by atoms with E-state index >= 15 is 0 Å². The van der Waals surface area contributed by atoms with E-state index in [0.717, 1.165) is 17.5 Å². The van der Waals surface area contributed by atoms with Crippen LogP contribution in [0.3, 0.4) is 0 Å². The van der Waals surface area contributed by atoms with Gasteiger partial charge in [-0.3, -0.25) is 19.2 Å². The molecule has 0 saturated carbocycles. The van der Waals surface area contributed by atoms with Gasteiger partial charge in [0.1, 0.15) is 17.8 Å². The summed E-state index contributed by atoms with van der Waals surface area (Å²) < 4.78 is 0. The number of nitrogens with one attached hydrogen (secondary N) is 3. The Balaban J connectivity index is 1.90. The van der Waals surface area contributed by atoms with Crippen molar-refractivity contribution in [2.45, 2.75) is 51.2 Å². The van der Waals surface area contributed by atoms with Gasteiger partial charge in [-0.05, 0) is 43.0 Å². The number of likely N-dealkylation sites (N-methyl/N-ethyl adjacent to an activating group) is 1. The summed E-state index contributed by atoms with van der Waals surface area (Å²) in [4.78, 5) is 51.9. The molecule has 0 radical (unpaired) electrons. The van der Waals surface area contributed by atoms with E-state index in [-0.39, 0.29) is 24.6 Å². The van der Waals surface area contributed by atoms with Gasteiger partial charge < -0.3 is 31.7 Å². The van der Waals surface area contributed by atoms with Gasteiger partial charge in [-0.2, -0.15) is 0 Å². The van der Waals surface area contributed by atoms with Gasteiger partial charge in [0.05, 0.1) is 12.6 Å². The first-order valence-electron chi connectivity index (χ1n) is 12.3. The molecule has 0 aromatic heterocycles. The van der Waals surface area contributed by atoms with Crippen LogP contribution in [0.2, 0.25) is 0 Å². The maximum absolute atomic E-state index is 12.8. The summed E-state index contributed by atoms with van der Waals surface area (Å²) in [6.07, 6.45) is 1.32. The van der Waals surface area contributed by atoms with Crippen molar-refractivity contribution in [2.75, 3.05) is 20.1 Å². The summed E-state index contributed by atoms with van der Waals surface area (Å²) in [5.74, 6) is -1.67. The largest absolute Gasteiger partial charge is 0.508 e. The molecule has 2 aromatic carbocycles. The monoisotopic (exact) mass is 511 g/mol. The Morgan fingerprint density at radius 1 is 0.892 bits per heavy atom. The Morgan fingerprint density at radius 2 is 1.51 bits per heavy atom. The average Bonchev–Trinajstić information content (AvgIpc) is 2.90. The number of benzene rings is 2. The van der Waals surface area contributed by atoms with Gasteiger partial charge in [0, 0.05) is 20.0 Å². The summed E-state index contributed by atoms with van der Waals surface area (Å²) >= 11 is 0. The Labute approximate surface area is 217 Å². The fourth-order valence-corrected chi connectivity index (χ4v) is 3.59. The highest BCUT2D eigenvalue weighted by molar-refractivity contribution is 5.93. The van der Waals surface area contributed by atoms with Crippen LogP contribution in [-0.2, 0) is 32.0 Å². The molecular weight excluding hydrogens is 474 g/mol. The van der Waals surface area contributed by atoms with Crippen molar-refractivity contribution >= 4 is 23.6 Å². The number of amides is 4. The minimum Gasteiger partial charge on any atom is -0.508 e. The minimum atomic E-state index is -0.926. The van der Waals surface area contributed by atoms with Crippen LogP contribution < -0.4 is 21.7 Å². The van der Waals surface area contributed by atoms with Gasteiger partial charge in [-0.1, -0.05) is 49.4 Å². The third kappa shape index (κ3) is 9.57. The Morgan fingerprint density at radius 3 is 2.14 bits per heavy atom. The molecular formula is C27H37N5O5. The average molecular weight is 512 g/mol. The minimum absolute atomic E-state index is 0.111. The second kappa shape index (κ2) is 14.6. The third-order valence-electron chi connectivity index (χ3n) is 5.88. The first kappa shape index (κ1) is 29.3. The van der Waals surface area contributed by atoms with E-state index in [0.29, 0.717) is 13.0 Å². The lowest BCUT2D eigenvalue weighted by molar-refractivity contribution is -0.139. The highest BCUT2D eigenvalue weighted by Crippen LogP contribution is 2.11. The predicted octanol–water partition coefficient (Wildman–Crippen LogP) is 0.479. The first-order valence-corrected chi connectivity index (χ1v) is 12.3. The molecule has 10 heteroatoms. The molecule has 10 nitrogen and oxygen atoms in total. The van der Waals surface area contributed by atoms with Crippen molar-refractivity contribution in [3.8, 4) is 5.75 Å². The standard InChI is InChI=1S/C27H37N5O5/c1-4-14-29-27(37)23(16-19-8-6-5-7-9-19)32(3)24(34)17-30-25(35)18(2)31-26(36)22(28)15-20-10-12-21(33)13-11-20/h5-13,18,22-23,33H,4,14-17,28H2,1-3H3,(H,29,37)(H,30,35)(H,31,36)/t18-,22+,23+/m1/s1. The van der Waals surface area contributed by atoms with Crippen LogP contribution in [0.15, 0.2) is 54.6 Å². The molecule has 0 fully saturated rings. The molecule has 0 saturated heterocycles. The number of aromatic hydroxyl groups is 1. The molecule has 2 aromatic rings. The van der Waals surface area contributed by atoms with Crippen LogP contribution in [0.5, 0.6) is 5.75 Å². The van der Waals surface area contributed by atoms with Crippen LogP contribution in [-0.4, -0.2) is 71.9 Å². The molecule has 0 aliphatic carbocycles. The van der Waals surface area contributed by atoms with Gasteiger partial charge in [0.15, 0.2) is 0 Å². The zero-order valence-corrected chi connectivity index (χ0v) is 21.6. The SMILES string of the molecule is CCCNC(=O)[C@H](Cc1ccccc1)N(C)C(=O)CNC(=O)[C@@H](C)NC(=O)[C@@H](N)Cc1ccc(O)cc1. The van der Waals surface area contributed by atoms with E-state index in [2.05, 4.69) is 16.0 Å². The smallest absolute Gasteiger partial charge is 0.243 e. The van der Waals surface area contributed by atoms with E-state index in [1.807, 2.05) is 37.3 Å². The van der Waals surface area contributed by atoms with Crippen LogP contribution in [0.4, 0.5) is 0 Å². The van der Waals surface area contributed by atoms with E-state index < -0.39 is 35.8 Å². The second-order valence-corrected chi connectivity index (χ2v) is 8.93. The quantitative estimate of drug-likeness (QED) is 0.264. The fourth-order valence-electron chi connectivity index (χ4n) is 3.59. The van der Waals surface area contributed by atoms with Crippen molar-refractivity contribution in [3.05, 3.63) is 65.7 Å². The van der Waals surface area contributed by atoms with E-state index in [1.165, 1.54) is 31.0 Å². The normalized spacial score (nSPS) is 13.1. The maximum atomic E-state index is 12.8. The number of carbonyl (C=O) groups excluding carboxylic acids is 4. The predicted molar refractivity (Wildman–Crippen MR) is 140 cm³/mol. The number of phenolic OH excluding ortho intramolecular Hbond substituents is 1. The molecule has 200 valence electrons. The number of hydrogen-bond donors (Lipinski definition) is 5. The molecule has 37 heavy (non-hydrogen) atoms. The van der Waals surface area contributed by atoms with Crippen molar-refractivity contribution < 1.29 is 24.3 Å². The maximum Gasteiger partial charge on any atom is 0.243 e. The van der Waals surface area contributed by atoms with E-state index in [9.17, 15) is 24.3 Å². The Hall–Kier alpha value is -3.92. The summed E-state index contributed by atoms with van der Waals surface area (Å²) in [6, 6.07) is 13.1. The Bertz CT molecular complexity index is 1040. The van der Waals surface area contributed by atoms with E-state index in [4.69, 9.17) is 5.73 Å². The molecule has 0 aliphatic heterocycles. The molecule has 0 bridgehead atoms. The Kier molecular flexibility index (Phi) is 11.6. The number of carbonyl (C=O) groups is 4. The number of hydrogen-bond acceptors (Lipinski definition) is 6. The lowest BCUT2D eigenvalue weighted by atomic mass is 10.0. The number of rotatable bonds is 13. The van der Waals surface area contributed by atoms with Crippen molar-refractivity contribution in [3.63, 3.8) is 0 Å². The summed E-state index contributed by atoms with van der Waals surface area (Å²) in [6.45, 7) is 3.60. The van der Waals surface area contributed by atoms with Gasteiger partial charge in [0.2, 0.25) is 23.6 Å². The van der Waals surface area contributed by atoms with Gasteiger partial charge in [-0.25, -0.2) is 0 Å². The number of nitrogens with zero attached hydrogens (tertiary/aromatic N) is 1. The molecule has 0 unspecified atom stereocenters. The van der Waals surface area contributed by atoms with Crippen LogP contribution in [0, 0.1) is 0 Å². The van der Waals surface area contributed by atoms with Gasteiger partial charge >= 0.3 is 0 Å². The van der Waals surface area contributed by atoms with Crippen molar-refractivity contribution in [1.82, 2.24) is 20.9 Å². The van der Waals surface area contributed by atoms with Crippen LogP contribution >= 0.6 is 0 Å². The second-order valence-electron chi connectivity index (χ2n) is 8.93. The highest BCUT2D eigenvalue weighted by atomic mass is 16.3. The lowest BCUT2D eigenvalue weighted by Gasteiger charge is -2.28. The van der Waals surface area contributed by atoms with Gasteiger partial charge in [-0.15, -0.1) is 0 Å². The summed E-state index contributed by atoms with van der Waals surface area (Å²) in [5, 5.41) is 17.3.